The van der Waals surface area contributed by atoms with Crippen molar-refractivity contribution in [3.05, 3.63) is 29.8 Å². The number of nitrogen functional groups attached to an aromatic ring is 1. The Hall–Kier alpha value is -1.22. The van der Waals surface area contributed by atoms with Gasteiger partial charge in [0.05, 0.1) is 12.5 Å². The Kier molecular flexibility index (Phi) is 5.79. The maximum atomic E-state index is 11.4. The lowest BCUT2D eigenvalue weighted by Gasteiger charge is -2.10. The average Bonchev–Trinajstić information content (AvgIpc) is 2.18. The Morgan fingerprint density at radius 3 is 2.40 bits per heavy atom. The van der Waals surface area contributed by atoms with Crippen LogP contribution >= 0.6 is 12.4 Å². The van der Waals surface area contributed by atoms with E-state index in [1.165, 1.54) is 0 Å². The number of esters is 1. The van der Waals surface area contributed by atoms with Gasteiger partial charge in [0.1, 0.15) is 0 Å². The highest BCUT2D eigenvalue weighted by atomic mass is 35.5. The quantitative estimate of drug-likeness (QED) is 0.640. The van der Waals surface area contributed by atoms with Crippen LogP contribution in [0.2, 0.25) is 0 Å². The second kappa shape index (κ2) is 6.30. The first-order chi connectivity index (χ1) is 6.65. The predicted octanol–water partition coefficient (Wildman–Crippen LogP) is 2.36. The van der Waals surface area contributed by atoms with Gasteiger partial charge in [-0.15, -0.1) is 12.4 Å². The topological polar surface area (TPSA) is 52.3 Å². The van der Waals surface area contributed by atoms with E-state index in [1.54, 1.807) is 19.1 Å². The number of hydrogen-bond donors (Lipinski definition) is 1. The highest BCUT2D eigenvalue weighted by Gasteiger charge is 2.15. The zero-order valence-electron chi connectivity index (χ0n) is 8.90. The third-order valence-electron chi connectivity index (χ3n) is 2.08. The Balaban J connectivity index is 0.00000196. The van der Waals surface area contributed by atoms with E-state index in [1.807, 2.05) is 19.1 Å². The molecule has 1 aromatic rings. The highest BCUT2D eigenvalue weighted by molar-refractivity contribution is 5.85. The number of halogens is 1. The predicted molar refractivity (Wildman–Crippen MR) is 63.2 cm³/mol. The van der Waals surface area contributed by atoms with Gasteiger partial charge in [-0.05, 0) is 31.5 Å². The molecule has 0 fully saturated rings. The van der Waals surface area contributed by atoms with Gasteiger partial charge >= 0.3 is 5.97 Å². The van der Waals surface area contributed by atoms with Gasteiger partial charge in [0.25, 0.3) is 0 Å². The summed E-state index contributed by atoms with van der Waals surface area (Å²) in [5.41, 5.74) is 7.17. The number of hydrogen-bond acceptors (Lipinski definition) is 3. The van der Waals surface area contributed by atoms with E-state index in [4.69, 9.17) is 10.5 Å². The smallest absolute Gasteiger partial charge is 0.313 e. The maximum absolute atomic E-state index is 11.4. The van der Waals surface area contributed by atoms with Gasteiger partial charge in [-0.25, -0.2) is 0 Å². The fraction of sp³-hybridized carbons (Fsp3) is 0.364. The van der Waals surface area contributed by atoms with Crippen LogP contribution in [0.15, 0.2) is 24.3 Å². The molecule has 0 heterocycles. The first-order valence-corrected chi connectivity index (χ1v) is 4.67. The molecule has 0 amide bonds. The van der Waals surface area contributed by atoms with Crippen molar-refractivity contribution in [1.29, 1.82) is 0 Å². The van der Waals surface area contributed by atoms with E-state index < -0.39 is 0 Å². The molecule has 1 atom stereocenters. The first kappa shape index (κ1) is 13.8. The van der Waals surface area contributed by atoms with Crippen LogP contribution < -0.4 is 5.73 Å². The molecule has 0 bridgehead atoms. The molecule has 0 spiro atoms. The molecule has 0 aliphatic carbocycles. The summed E-state index contributed by atoms with van der Waals surface area (Å²) in [4.78, 5) is 11.4. The molecule has 84 valence electrons. The second-order valence-corrected chi connectivity index (χ2v) is 3.14. The average molecular weight is 230 g/mol. The minimum Gasteiger partial charge on any atom is -0.466 e. The minimum absolute atomic E-state index is 0. The summed E-state index contributed by atoms with van der Waals surface area (Å²) in [6.07, 6.45) is 0. The molecule has 1 aromatic carbocycles. The SMILES string of the molecule is CCOC(=O)[C@H](C)c1ccc(N)cc1.Cl. The Bertz CT molecular complexity index is 311. The Morgan fingerprint density at radius 1 is 1.40 bits per heavy atom. The third kappa shape index (κ3) is 3.80. The molecular formula is C11H16ClNO2. The number of rotatable bonds is 3. The van der Waals surface area contributed by atoms with E-state index in [9.17, 15) is 4.79 Å². The molecule has 15 heavy (non-hydrogen) atoms. The number of anilines is 1. The van der Waals surface area contributed by atoms with Gasteiger partial charge in [-0.1, -0.05) is 12.1 Å². The summed E-state index contributed by atoms with van der Waals surface area (Å²) in [6, 6.07) is 7.25. The molecule has 0 radical (unpaired) electrons. The second-order valence-electron chi connectivity index (χ2n) is 3.14. The standard InChI is InChI=1S/C11H15NO2.ClH/c1-3-14-11(13)8(2)9-4-6-10(12)7-5-9;/h4-8H,3,12H2,1-2H3;1H/t8-;/m1./s1. The number of carbonyl (C=O) groups excluding carboxylic acids is 1. The first-order valence-electron chi connectivity index (χ1n) is 4.67. The van der Waals surface area contributed by atoms with Gasteiger partial charge in [0, 0.05) is 5.69 Å². The zero-order chi connectivity index (χ0) is 10.6. The summed E-state index contributed by atoms with van der Waals surface area (Å²) in [5, 5.41) is 0. The van der Waals surface area contributed by atoms with Gasteiger partial charge < -0.3 is 10.5 Å². The van der Waals surface area contributed by atoms with E-state index in [-0.39, 0.29) is 24.3 Å². The van der Waals surface area contributed by atoms with Crippen LogP contribution in [0.5, 0.6) is 0 Å². The third-order valence-corrected chi connectivity index (χ3v) is 2.08. The van der Waals surface area contributed by atoms with Crippen molar-refractivity contribution in [2.45, 2.75) is 19.8 Å². The summed E-state index contributed by atoms with van der Waals surface area (Å²) in [7, 11) is 0. The largest absolute Gasteiger partial charge is 0.466 e. The number of nitrogens with two attached hydrogens (primary N) is 1. The van der Waals surface area contributed by atoms with Crippen LogP contribution in [0.3, 0.4) is 0 Å². The van der Waals surface area contributed by atoms with E-state index in [0.29, 0.717) is 12.3 Å². The molecule has 3 nitrogen and oxygen atoms in total. The van der Waals surface area contributed by atoms with Crippen molar-refractivity contribution >= 4 is 24.1 Å². The fourth-order valence-corrected chi connectivity index (χ4v) is 1.19. The van der Waals surface area contributed by atoms with Gasteiger partial charge in [0.2, 0.25) is 0 Å². The monoisotopic (exact) mass is 229 g/mol. The minimum atomic E-state index is -0.226. The summed E-state index contributed by atoms with van der Waals surface area (Å²) in [6.45, 7) is 4.04. The number of benzene rings is 1. The Morgan fingerprint density at radius 2 is 1.93 bits per heavy atom. The molecule has 0 aliphatic heterocycles. The molecule has 1 rings (SSSR count). The van der Waals surface area contributed by atoms with Crippen LogP contribution in [0.25, 0.3) is 0 Å². The van der Waals surface area contributed by atoms with Crippen molar-refractivity contribution < 1.29 is 9.53 Å². The maximum Gasteiger partial charge on any atom is 0.313 e. The van der Waals surface area contributed by atoms with Crippen molar-refractivity contribution in [2.75, 3.05) is 12.3 Å². The fourth-order valence-electron chi connectivity index (χ4n) is 1.19. The van der Waals surface area contributed by atoms with E-state index in [0.717, 1.165) is 5.56 Å². The number of carbonyl (C=O) groups is 1. The molecule has 2 N–H and O–H groups in total. The lowest BCUT2D eigenvalue weighted by molar-refractivity contribution is -0.144. The summed E-state index contributed by atoms with van der Waals surface area (Å²) >= 11 is 0. The number of ether oxygens (including phenoxy) is 1. The van der Waals surface area contributed by atoms with Crippen LogP contribution in [-0.4, -0.2) is 12.6 Å². The van der Waals surface area contributed by atoms with E-state index in [2.05, 4.69) is 0 Å². The van der Waals surface area contributed by atoms with Crippen LogP contribution in [0.1, 0.15) is 25.3 Å². The van der Waals surface area contributed by atoms with Crippen molar-refractivity contribution in [1.82, 2.24) is 0 Å². The molecule has 4 heteroatoms. The van der Waals surface area contributed by atoms with Crippen LogP contribution in [0.4, 0.5) is 5.69 Å². The molecule has 0 aromatic heterocycles. The van der Waals surface area contributed by atoms with Crippen molar-refractivity contribution in [3.63, 3.8) is 0 Å². The summed E-state index contributed by atoms with van der Waals surface area (Å²) in [5.74, 6) is -0.423. The molecule has 0 unspecified atom stereocenters. The molecule has 0 aliphatic rings. The van der Waals surface area contributed by atoms with Gasteiger partial charge in [0.15, 0.2) is 0 Å². The normalized spacial score (nSPS) is 11.3. The lowest BCUT2D eigenvalue weighted by Crippen LogP contribution is -2.12. The lowest BCUT2D eigenvalue weighted by atomic mass is 10.0. The molecular weight excluding hydrogens is 214 g/mol. The van der Waals surface area contributed by atoms with Gasteiger partial charge in [-0.2, -0.15) is 0 Å². The molecule has 0 saturated heterocycles. The Labute approximate surface area is 96.0 Å². The highest BCUT2D eigenvalue weighted by Crippen LogP contribution is 2.17. The van der Waals surface area contributed by atoms with E-state index >= 15 is 0 Å². The van der Waals surface area contributed by atoms with Crippen molar-refractivity contribution in [2.24, 2.45) is 0 Å². The van der Waals surface area contributed by atoms with Crippen LogP contribution in [0, 0.1) is 0 Å². The van der Waals surface area contributed by atoms with Crippen molar-refractivity contribution in [3.8, 4) is 0 Å². The van der Waals surface area contributed by atoms with Gasteiger partial charge in [-0.3, -0.25) is 4.79 Å². The molecule has 0 saturated carbocycles. The zero-order valence-corrected chi connectivity index (χ0v) is 9.71. The summed E-state index contributed by atoms with van der Waals surface area (Å²) < 4.78 is 4.92. The van der Waals surface area contributed by atoms with Crippen LogP contribution in [-0.2, 0) is 9.53 Å².